The zero-order chi connectivity index (χ0) is 17.2. The van der Waals surface area contributed by atoms with Gasteiger partial charge in [0, 0.05) is 56.1 Å². The van der Waals surface area contributed by atoms with Crippen molar-refractivity contribution in [3.8, 4) is 0 Å². The highest BCUT2D eigenvalue weighted by Crippen LogP contribution is 2.50. The number of hydrogen-bond donors (Lipinski definition) is 0. The standard InChI is InChI=1S/C20H22ClN3O/c21-19-6-2-1-5-16(19)17-12-18(17)20(25)24-10-8-23(9-11-24)14-15-4-3-7-22-13-15/h1-7,13,17-18H,8-12,14H2. The molecule has 4 nitrogen and oxygen atoms in total. The molecule has 1 amide bonds. The summed E-state index contributed by atoms with van der Waals surface area (Å²) in [6.45, 7) is 4.37. The second-order valence-corrected chi connectivity index (χ2v) is 7.34. The lowest BCUT2D eigenvalue weighted by atomic mass is 10.1. The van der Waals surface area contributed by atoms with Crippen molar-refractivity contribution in [2.24, 2.45) is 5.92 Å². The van der Waals surface area contributed by atoms with Crippen molar-refractivity contribution in [1.82, 2.24) is 14.8 Å². The predicted molar refractivity (Wildman–Crippen MR) is 98.4 cm³/mol. The quantitative estimate of drug-likeness (QED) is 0.845. The van der Waals surface area contributed by atoms with E-state index in [0.717, 1.165) is 49.7 Å². The summed E-state index contributed by atoms with van der Waals surface area (Å²) in [7, 11) is 0. The summed E-state index contributed by atoms with van der Waals surface area (Å²) in [5, 5.41) is 0.782. The van der Waals surface area contributed by atoms with Gasteiger partial charge in [-0.2, -0.15) is 0 Å². The molecule has 2 aromatic rings. The van der Waals surface area contributed by atoms with Gasteiger partial charge >= 0.3 is 0 Å². The van der Waals surface area contributed by atoms with Crippen LogP contribution in [0.2, 0.25) is 5.02 Å². The monoisotopic (exact) mass is 355 g/mol. The number of carbonyl (C=O) groups excluding carboxylic acids is 1. The Morgan fingerprint density at radius 1 is 1.12 bits per heavy atom. The van der Waals surface area contributed by atoms with E-state index < -0.39 is 0 Å². The number of rotatable bonds is 4. The molecule has 1 aliphatic heterocycles. The van der Waals surface area contributed by atoms with E-state index in [1.54, 1.807) is 6.20 Å². The average Bonchev–Trinajstić information content (AvgIpc) is 3.44. The fraction of sp³-hybridized carbons (Fsp3) is 0.400. The van der Waals surface area contributed by atoms with Crippen LogP contribution in [0.1, 0.15) is 23.5 Å². The Hall–Kier alpha value is -1.91. The summed E-state index contributed by atoms with van der Waals surface area (Å²) in [4.78, 5) is 21.4. The van der Waals surface area contributed by atoms with E-state index in [1.807, 2.05) is 41.4 Å². The first kappa shape index (κ1) is 16.6. The van der Waals surface area contributed by atoms with Gasteiger partial charge < -0.3 is 4.90 Å². The highest BCUT2D eigenvalue weighted by Gasteiger charge is 2.46. The Morgan fingerprint density at radius 3 is 2.64 bits per heavy atom. The normalized spacial score (nSPS) is 23.5. The molecule has 1 aliphatic carbocycles. The zero-order valence-corrected chi connectivity index (χ0v) is 14.9. The molecule has 4 rings (SSSR count). The highest BCUT2D eigenvalue weighted by molar-refractivity contribution is 6.31. The number of nitrogens with zero attached hydrogens (tertiary/aromatic N) is 3. The molecule has 2 heterocycles. The molecule has 1 aromatic carbocycles. The van der Waals surface area contributed by atoms with Crippen LogP contribution >= 0.6 is 11.6 Å². The fourth-order valence-corrected chi connectivity index (χ4v) is 3.97. The van der Waals surface area contributed by atoms with Gasteiger partial charge in [0.15, 0.2) is 0 Å². The van der Waals surface area contributed by atoms with Crippen molar-refractivity contribution in [3.05, 3.63) is 64.9 Å². The molecular weight excluding hydrogens is 334 g/mol. The van der Waals surface area contributed by atoms with Gasteiger partial charge in [-0.15, -0.1) is 0 Å². The molecule has 1 saturated carbocycles. The van der Waals surface area contributed by atoms with Crippen LogP contribution in [0.3, 0.4) is 0 Å². The van der Waals surface area contributed by atoms with Crippen molar-refractivity contribution < 1.29 is 4.79 Å². The van der Waals surface area contributed by atoms with Crippen LogP contribution < -0.4 is 0 Å². The summed E-state index contributed by atoms with van der Waals surface area (Å²) >= 11 is 6.27. The summed E-state index contributed by atoms with van der Waals surface area (Å²) < 4.78 is 0. The number of hydrogen-bond acceptors (Lipinski definition) is 3. The second kappa shape index (κ2) is 7.14. The van der Waals surface area contributed by atoms with Gasteiger partial charge in [-0.25, -0.2) is 0 Å². The molecule has 5 heteroatoms. The van der Waals surface area contributed by atoms with Crippen molar-refractivity contribution in [1.29, 1.82) is 0 Å². The van der Waals surface area contributed by atoms with E-state index >= 15 is 0 Å². The van der Waals surface area contributed by atoms with Gasteiger partial charge in [-0.1, -0.05) is 35.9 Å². The SMILES string of the molecule is O=C(C1CC1c1ccccc1Cl)N1CCN(Cc2cccnc2)CC1. The molecule has 0 bridgehead atoms. The minimum Gasteiger partial charge on any atom is -0.340 e. The second-order valence-electron chi connectivity index (χ2n) is 6.93. The predicted octanol–water partition coefficient (Wildman–Crippen LogP) is 3.18. The maximum atomic E-state index is 12.8. The first-order chi connectivity index (χ1) is 12.2. The first-order valence-corrected chi connectivity index (χ1v) is 9.24. The van der Waals surface area contributed by atoms with E-state index in [1.165, 1.54) is 5.56 Å². The Bertz CT molecular complexity index is 744. The number of piperazine rings is 1. The minimum absolute atomic E-state index is 0.116. The van der Waals surface area contributed by atoms with Crippen molar-refractivity contribution in [3.63, 3.8) is 0 Å². The minimum atomic E-state index is 0.116. The summed E-state index contributed by atoms with van der Waals surface area (Å²) in [6.07, 6.45) is 4.64. The first-order valence-electron chi connectivity index (χ1n) is 8.87. The molecule has 1 aromatic heterocycles. The van der Waals surface area contributed by atoms with Crippen LogP contribution in [0, 0.1) is 5.92 Å². The molecule has 2 aliphatic rings. The lowest BCUT2D eigenvalue weighted by molar-refractivity contribution is -0.134. The molecule has 2 fully saturated rings. The third-order valence-electron chi connectivity index (χ3n) is 5.23. The Balaban J connectivity index is 1.30. The summed E-state index contributed by atoms with van der Waals surface area (Å²) in [5.41, 5.74) is 2.35. The van der Waals surface area contributed by atoms with E-state index in [9.17, 15) is 4.79 Å². The number of halogens is 1. The lowest BCUT2D eigenvalue weighted by Crippen LogP contribution is -2.48. The largest absolute Gasteiger partial charge is 0.340 e. The summed E-state index contributed by atoms with van der Waals surface area (Å²) in [5.74, 6) is 0.713. The van der Waals surface area contributed by atoms with Gasteiger partial charge in [0.2, 0.25) is 5.91 Å². The molecule has 130 valence electrons. The molecule has 2 unspecified atom stereocenters. The third-order valence-corrected chi connectivity index (χ3v) is 5.57. The van der Waals surface area contributed by atoms with Crippen LogP contribution in [0.5, 0.6) is 0 Å². The maximum Gasteiger partial charge on any atom is 0.226 e. The van der Waals surface area contributed by atoms with E-state index in [-0.39, 0.29) is 5.92 Å². The number of carbonyl (C=O) groups is 1. The van der Waals surface area contributed by atoms with Crippen LogP contribution in [0.15, 0.2) is 48.8 Å². The topological polar surface area (TPSA) is 36.4 Å². The average molecular weight is 356 g/mol. The Kier molecular flexibility index (Phi) is 4.73. The van der Waals surface area contributed by atoms with Gasteiger partial charge in [0.1, 0.15) is 0 Å². The number of benzene rings is 1. The van der Waals surface area contributed by atoms with Crippen LogP contribution in [-0.2, 0) is 11.3 Å². The van der Waals surface area contributed by atoms with Crippen LogP contribution in [-0.4, -0.2) is 46.9 Å². The smallest absolute Gasteiger partial charge is 0.226 e. The lowest BCUT2D eigenvalue weighted by Gasteiger charge is -2.35. The third kappa shape index (κ3) is 3.70. The van der Waals surface area contributed by atoms with E-state index in [4.69, 9.17) is 11.6 Å². The Labute approximate surface area is 153 Å². The molecule has 2 atom stereocenters. The van der Waals surface area contributed by atoms with E-state index in [0.29, 0.717) is 11.8 Å². The van der Waals surface area contributed by atoms with Gasteiger partial charge in [0.05, 0.1) is 0 Å². The van der Waals surface area contributed by atoms with Gasteiger partial charge in [-0.05, 0) is 35.6 Å². The molecule has 25 heavy (non-hydrogen) atoms. The Morgan fingerprint density at radius 2 is 1.92 bits per heavy atom. The summed E-state index contributed by atoms with van der Waals surface area (Å²) in [6, 6.07) is 12.0. The molecular formula is C20H22ClN3O. The molecule has 0 spiro atoms. The zero-order valence-electron chi connectivity index (χ0n) is 14.1. The van der Waals surface area contributed by atoms with Crippen molar-refractivity contribution >= 4 is 17.5 Å². The molecule has 0 radical (unpaired) electrons. The number of amides is 1. The number of pyridine rings is 1. The van der Waals surface area contributed by atoms with Crippen LogP contribution in [0.25, 0.3) is 0 Å². The van der Waals surface area contributed by atoms with Crippen LogP contribution in [0.4, 0.5) is 0 Å². The number of aromatic nitrogens is 1. The molecule has 1 saturated heterocycles. The van der Waals surface area contributed by atoms with Gasteiger partial charge in [0.25, 0.3) is 0 Å². The van der Waals surface area contributed by atoms with Crippen molar-refractivity contribution in [2.45, 2.75) is 18.9 Å². The fourth-order valence-electron chi connectivity index (χ4n) is 3.70. The van der Waals surface area contributed by atoms with Crippen molar-refractivity contribution in [2.75, 3.05) is 26.2 Å². The van der Waals surface area contributed by atoms with Gasteiger partial charge in [-0.3, -0.25) is 14.7 Å². The maximum absolute atomic E-state index is 12.8. The highest BCUT2D eigenvalue weighted by atomic mass is 35.5. The van der Waals surface area contributed by atoms with E-state index in [2.05, 4.69) is 16.0 Å². The molecule has 0 N–H and O–H groups in total.